The maximum atomic E-state index is 5.64. The second kappa shape index (κ2) is 7.40. The third-order valence-electron chi connectivity index (χ3n) is 3.12. The Bertz CT molecular complexity index is 711. The molecule has 4 nitrogen and oxygen atoms in total. The average Bonchev–Trinajstić information content (AvgIpc) is 3.02. The van der Waals surface area contributed by atoms with Gasteiger partial charge in [-0.1, -0.05) is 35.5 Å². The van der Waals surface area contributed by atoms with Gasteiger partial charge in [0.1, 0.15) is 5.75 Å². The van der Waals surface area contributed by atoms with Gasteiger partial charge in [-0.15, -0.1) is 0 Å². The van der Waals surface area contributed by atoms with Gasteiger partial charge in [0.05, 0.1) is 6.61 Å². The lowest BCUT2D eigenvalue weighted by Gasteiger charge is -2.03. The van der Waals surface area contributed by atoms with Gasteiger partial charge in [0, 0.05) is 15.6 Å². The van der Waals surface area contributed by atoms with E-state index in [1.165, 1.54) is 3.57 Å². The van der Waals surface area contributed by atoms with Crippen molar-refractivity contribution in [3.05, 3.63) is 64.1 Å². The summed E-state index contributed by atoms with van der Waals surface area (Å²) in [5, 5.41) is 4.02. The number of aromatic nitrogens is 2. The van der Waals surface area contributed by atoms with Crippen LogP contribution in [-0.2, 0) is 6.42 Å². The number of hydrogen-bond donors (Lipinski definition) is 0. The van der Waals surface area contributed by atoms with E-state index in [0.29, 0.717) is 24.7 Å². The molecule has 2 aromatic carbocycles. The van der Waals surface area contributed by atoms with Crippen LogP contribution in [0.4, 0.5) is 0 Å². The average molecular weight is 406 g/mol. The minimum absolute atomic E-state index is 0.630. The van der Waals surface area contributed by atoms with Gasteiger partial charge in [-0.3, -0.25) is 0 Å². The molecule has 0 aliphatic rings. The summed E-state index contributed by atoms with van der Waals surface area (Å²) in [5.41, 5.74) is 0.968. The van der Waals surface area contributed by atoms with E-state index in [1.54, 1.807) is 0 Å². The van der Waals surface area contributed by atoms with Crippen molar-refractivity contribution < 1.29 is 9.26 Å². The van der Waals surface area contributed by atoms with Crippen molar-refractivity contribution in [3.8, 4) is 17.1 Å². The molecule has 0 N–H and O–H groups in total. The molecule has 0 saturated heterocycles. The maximum Gasteiger partial charge on any atom is 0.227 e. The molecule has 0 saturated carbocycles. The smallest absolute Gasteiger partial charge is 0.227 e. The number of benzene rings is 2. The largest absolute Gasteiger partial charge is 0.494 e. The third-order valence-corrected chi connectivity index (χ3v) is 3.84. The molecule has 22 heavy (non-hydrogen) atoms. The summed E-state index contributed by atoms with van der Waals surface area (Å²) in [6.45, 7) is 0.630. The molecule has 0 aliphatic heterocycles. The Morgan fingerprint density at radius 1 is 1.00 bits per heavy atom. The summed E-state index contributed by atoms with van der Waals surface area (Å²) in [4.78, 5) is 4.42. The Hall–Kier alpha value is -1.89. The Morgan fingerprint density at radius 3 is 2.55 bits per heavy atom. The molecule has 0 atom stereocenters. The SMILES string of the molecule is Ic1ccc(-c2noc(CCCOc3ccccc3)n2)cc1. The number of ether oxygens (including phenoxy) is 1. The van der Waals surface area contributed by atoms with Gasteiger partial charge in [-0.25, -0.2) is 0 Å². The van der Waals surface area contributed by atoms with Gasteiger partial charge in [0.15, 0.2) is 0 Å². The van der Waals surface area contributed by atoms with Crippen LogP contribution in [0.15, 0.2) is 59.1 Å². The molecule has 0 bridgehead atoms. The molecule has 0 unspecified atom stereocenters. The van der Waals surface area contributed by atoms with E-state index in [9.17, 15) is 0 Å². The molecule has 0 radical (unpaired) electrons. The lowest BCUT2D eigenvalue weighted by atomic mass is 10.2. The van der Waals surface area contributed by atoms with E-state index in [2.05, 4.69) is 32.7 Å². The van der Waals surface area contributed by atoms with Crippen LogP contribution in [0, 0.1) is 3.57 Å². The van der Waals surface area contributed by atoms with Gasteiger partial charge in [-0.05, 0) is 53.3 Å². The van der Waals surface area contributed by atoms with Crippen molar-refractivity contribution in [2.45, 2.75) is 12.8 Å². The number of aryl methyl sites for hydroxylation is 1. The standard InChI is InChI=1S/C17H15IN2O2/c18-14-10-8-13(9-11-14)17-19-16(22-20-17)7-4-12-21-15-5-2-1-3-6-15/h1-3,5-6,8-11H,4,7,12H2. The Kier molecular flexibility index (Phi) is 5.05. The third kappa shape index (κ3) is 4.07. The highest BCUT2D eigenvalue weighted by Gasteiger charge is 2.08. The number of hydrogen-bond acceptors (Lipinski definition) is 4. The van der Waals surface area contributed by atoms with E-state index in [1.807, 2.05) is 54.6 Å². The van der Waals surface area contributed by atoms with Crippen molar-refractivity contribution in [1.82, 2.24) is 10.1 Å². The molecule has 1 heterocycles. The molecule has 112 valence electrons. The van der Waals surface area contributed by atoms with Crippen LogP contribution in [0.1, 0.15) is 12.3 Å². The van der Waals surface area contributed by atoms with E-state index < -0.39 is 0 Å². The molecule has 1 aromatic heterocycles. The minimum Gasteiger partial charge on any atom is -0.494 e. The molecule has 0 fully saturated rings. The van der Waals surface area contributed by atoms with E-state index >= 15 is 0 Å². The topological polar surface area (TPSA) is 48.2 Å². The highest BCUT2D eigenvalue weighted by atomic mass is 127. The Labute approximate surface area is 142 Å². The van der Waals surface area contributed by atoms with Crippen LogP contribution in [0.5, 0.6) is 5.75 Å². The van der Waals surface area contributed by atoms with Gasteiger partial charge >= 0.3 is 0 Å². The predicted molar refractivity (Wildman–Crippen MR) is 92.7 cm³/mol. The van der Waals surface area contributed by atoms with Crippen molar-refractivity contribution in [2.75, 3.05) is 6.61 Å². The predicted octanol–water partition coefficient (Wildman–Crippen LogP) is 4.35. The highest BCUT2D eigenvalue weighted by molar-refractivity contribution is 14.1. The first kappa shape index (κ1) is 15.0. The van der Waals surface area contributed by atoms with E-state index in [4.69, 9.17) is 9.26 Å². The van der Waals surface area contributed by atoms with Crippen LogP contribution in [0.3, 0.4) is 0 Å². The summed E-state index contributed by atoms with van der Waals surface area (Å²) in [6, 6.07) is 17.8. The first-order valence-corrected chi connectivity index (χ1v) is 8.15. The summed E-state index contributed by atoms with van der Waals surface area (Å²) >= 11 is 2.27. The highest BCUT2D eigenvalue weighted by Crippen LogP contribution is 2.18. The molecule has 0 amide bonds. The zero-order valence-electron chi connectivity index (χ0n) is 11.9. The second-order valence-electron chi connectivity index (χ2n) is 4.78. The molecular formula is C17H15IN2O2. The van der Waals surface area contributed by atoms with Crippen molar-refractivity contribution in [3.63, 3.8) is 0 Å². The Morgan fingerprint density at radius 2 is 1.77 bits per heavy atom. The minimum atomic E-state index is 0.630. The quantitative estimate of drug-likeness (QED) is 0.451. The maximum absolute atomic E-state index is 5.64. The first-order valence-electron chi connectivity index (χ1n) is 7.07. The lowest BCUT2D eigenvalue weighted by molar-refractivity contribution is 0.298. The normalized spacial score (nSPS) is 10.6. The van der Waals surface area contributed by atoms with E-state index in [-0.39, 0.29) is 0 Å². The van der Waals surface area contributed by atoms with Crippen LogP contribution >= 0.6 is 22.6 Å². The number of halogens is 1. The number of rotatable bonds is 6. The van der Waals surface area contributed by atoms with Gasteiger partial charge in [0.2, 0.25) is 11.7 Å². The molecule has 0 aliphatic carbocycles. The number of nitrogens with zero attached hydrogens (tertiary/aromatic N) is 2. The summed E-state index contributed by atoms with van der Waals surface area (Å²) in [6.07, 6.45) is 1.55. The fourth-order valence-electron chi connectivity index (χ4n) is 2.00. The fourth-order valence-corrected chi connectivity index (χ4v) is 2.36. The lowest BCUT2D eigenvalue weighted by Crippen LogP contribution is -1.99. The summed E-state index contributed by atoms with van der Waals surface area (Å²) in [5.74, 6) is 2.16. The van der Waals surface area contributed by atoms with Gasteiger partial charge in [-0.2, -0.15) is 4.98 Å². The molecule has 5 heteroatoms. The van der Waals surface area contributed by atoms with Gasteiger partial charge < -0.3 is 9.26 Å². The monoisotopic (exact) mass is 406 g/mol. The van der Waals surface area contributed by atoms with Crippen molar-refractivity contribution in [1.29, 1.82) is 0 Å². The molecule has 3 rings (SSSR count). The molecule has 3 aromatic rings. The zero-order chi connectivity index (χ0) is 15.2. The fraction of sp³-hybridized carbons (Fsp3) is 0.176. The zero-order valence-corrected chi connectivity index (χ0v) is 14.1. The first-order chi connectivity index (χ1) is 10.8. The van der Waals surface area contributed by atoms with Crippen LogP contribution < -0.4 is 4.74 Å². The molecule has 0 spiro atoms. The van der Waals surface area contributed by atoms with Crippen LogP contribution in [0.25, 0.3) is 11.4 Å². The van der Waals surface area contributed by atoms with Crippen molar-refractivity contribution in [2.24, 2.45) is 0 Å². The molecular weight excluding hydrogens is 391 g/mol. The summed E-state index contributed by atoms with van der Waals surface area (Å²) < 4.78 is 12.1. The number of para-hydroxylation sites is 1. The van der Waals surface area contributed by atoms with Crippen LogP contribution in [-0.4, -0.2) is 16.7 Å². The van der Waals surface area contributed by atoms with Crippen molar-refractivity contribution >= 4 is 22.6 Å². The van der Waals surface area contributed by atoms with Crippen LogP contribution in [0.2, 0.25) is 0 Å². The van der Waals surface area contributed by atoms with E-state index in [0.717, 1.165) is 17.7 Å². The summed E-state index contributed by atoms with van der Waals surface area (Å²) in [7, 11) is 0. The van der Waals surface area contributed by atoms with Gasteiger partial charge in [0.25, 0.3) is 0 Å². The Balaban J connectivity index is 1.50. The second-order valence-corrected chi connectivity index (χ2v) is 6.03.